The maximum Gasteiger partial charge on any atom is 0.253 e. The largest absolute Gasteiger partial charge is 0.338 e. The van der Waals surface area contributed by atoms with E-state index >= 15 is 0 Å². The number of hydrogen-bond acceptors (Lipinski definition) is 1. The molecule has 1 amide bonds. The number of carbonyl (C=O) groups is 1. The van der Waals surface area contributed by atoms with Gasteiger partial charge in [0.2, 0.25) is 0 Å². The molecule has 0 saturated heterocycles. The molecule has 0 atom stereocenters. The van der Waals surface area contributed by atoms with Crippen LogP contribution in [0.4, 0.5) is 0 Å². The molecule has 1 aromatic carbocycles. The van der Waals surface area contributed by atoms with Gasteiger partial charge in [-0.05, 0) is 19.1 Å². The molecule has 0 aliphatic carbocycles. The van der Waals surface area contributed by atoms with Crippen LogP contribution in [0.25, 0.3) is 0 Å². The van der Waals surface area contributed by atoms with Crippen molar-refractivity contribution in [2.24, 2.45) is 0 Å². The van der Waals surface area contributed by atoms with Crippen molar-refractivity contribution in [3.05, 3.63) is 48.0 Å². The Morgan fingerprint density at radius 2 is 2.00 bits per heavy atom. The van der Waals surface area contributed by atoms with Gasteiger partial charge in [-0.1, -0.05) is 23.8 Å². The second kappa shape index (κ2) is 4.61. The Morgan fingerprint density at radius 1 is 1.43 bits per heavy atom. The zero-order valence-electron chi connectivity index (χ0n) is 8.66. The van der Waals surface area contributed by atoms with E-state index in [4.69, 9.17) is 0 Å². The van der Waals surface area contributed by atoms with E-state index in [0.717, 1.165) is 11.1 Å². The normalized spacial score (nSPS) is 9.57. The van der Waals surface area contributed by atoms with Gasteiger partial charge in [0.15, 0.2) is 0 Å². The zero-order chi connectivity index (χ0) is 10.6. The Kier molecular flexibility index (Phi) is 3.46. The summed E-state index contributed by atoms with van der Waals surface area (Å²) in [7, 11) is 1.77. The SMILES string of the molecule is C=CCN(C)C(=O)c1ccc(C)cc1. The zero-order valence-corrected chi connectivity index (χ0v) is 8.66. The molecule has 2 nitrogen and oxygen atoms in total. The molecule has 14 heavy (non-hydrogen) atoms. The van der Waals surface area contributed by atoms with Crippen molar-refractivity contribution >= 4 is 5.91 Å². The van der Waals surface area contributed by atoms with Gasteiger partial charge < -0.3 is 4.90 Å². The van der Waals surface area contributed by atoms with Crippen LogP contribution in [0.1, 0.15) is 15.9 Å². The highest BCUT2D eigenvalue weighted by atomic mass is 16.2. The molecule has 2 heteroatoms. The van der Waals surface area contributed by atoms with Gasteiger partial charge in [-0.25, -0.2) is 0 Å². The number of rotatable bonds is 3. The molecular formula is C12H15NO. The second-order valence-corrected chi connectivity index (χ2v) is 3.34. The molecule has 0 aliphatic heterocycles. The third-order valence-corrected chi connectivity index (χ3v) is 2.05. The van der Waals surface area contributed by atoms with E-state index in [0.29, 0.717) is 6.54 Å². The highest BCUT2D eigenvalue weighted by Gasteiger charge is 2.08. The molecule has 0 fully saturated rings. The fourth-order valence-electron chi connectivity index (χ4n) is 1.19. The minimum atomic E-state index is 0.0323. The molecule has 1 rings (SSSR count). The lowest BCUT2D eigenvalue weighted by Crippen LogP contribution is -2.26. The van der Waals surface area contributed by atoms with Crippen molar-refractivity contribution in [3.8, 4) is 0 Å². The van der Waals surface area contributed by atoms with E-state index in [1.807, 2.05) is 31.2 Å². The average Bonchev–Trinajstić information content (AvgIpc) is 2.18. The van der Waals surface area contributed by atoms with Crippen LogP contribution in [0.15, 0.2) is 36.9 Å². The van der Waals surface area contributed by atoms with Gasteiger partial charge in [0.1, 0.15) is 0 Å². The lowest BCUT2D eigenvalue weighted by atomic mass is 10.1. The van der Waals surface area contributed by atoms with Gasteiger partial charge in [-0.3, -0.25) is 4.79 Å². The Labute approximate surface area is 84.9 Å². The van der Waals surface area contributed by atoms with E-state index in [1.54, 1.807) is 18.0 Å². The van der Waals surface area contributed by atoms with Crippen molar-refractivity contribution in [1.29, 1.82) is 0 Å². The van der Waals surface area contributed by atoms with Crippen LogP contribution < -0.4 is 0 Å². The predicted molar refractivity (Wildman–Crippen MR) is 58.3 cm³/mol. The Balaban J connectivity index is 2.78. The summed E-state index contributed by atoms with van der Waals surface area (Å²) in [4.78, 5) is 13.4. The first-order valence-electron chi connectivity index (χ1n) is 4.58. The third kappa shape index (κ3) is 2.46. The first kappa shape index (κ1) is 10.5. The smallest absolute Gasteiger partial charge is 0.253 e. The molecule has 0 unspecified atom stereocenters. The number of carbonyl (C=O) groups excluding carboxylic acids is 1. The molecular weight excluding hydrogens is 174 g/mol. The van der Waals surface area contributed by atoms with E-state index < -0.39 is 0 Å². The Bertz CT molecular complexity index is 327. The van der Waals surface area contributed by atoms with Crippen LogP contribution >= 0.6 is 0 Å². The van der Waals surface area contributed by atoms with Crippen molar-refractivity contribution in [3.63, 3.8) is 0 Å². The van der Waals surface area contributed by atoms with Gasteiger partial charge in [0, 0.05) is 19.2 Å². The van der Waals surface area contributed by atoms with E-state index in [2.05, 4.69) is 6.58 Å². The minimum absolute atomic E-state index is 0.0323. The summed E-state index contributed by atoms with van der Waals surface area (Å²) in [5, 5.41) is 0. The number of amides is 1. The van der Waals surface area contributed by atoms with Crippen molar-refractivity contribution < 1.29 is 4.79 Å². The summed E-state index contributed by atoms with van der Waals surface area (Å²) in [6, 6.07) is 7.57. The van der Waals surface area contributed by atoms with Crippen LogP contribution in [-0.4, -0.2) is 24.4 Å². The summed E-state index contributed by atoms with van der Waals surface area (Å²) < 4.78 is 0. The molecule has 0 radical (unpaired) electrons. The molecule has 0 saturated carbocycles. The van der Waals surface area contributed by atoms with Crippen LogP contribution in [0.2, 0.25) is 0 Å². The molecule has 1 aromatic rings. The van der Waals surface area contributed by atoms with E-state index in [9.17, 15) is 4.79 Å². The Morgan fingerprint density at radius 3 is 2.50 bits per heavy atom. The second-order valence-electron chi connectivity index (χ2n) is 3.34. The summed E-state index contributed by atoms with van der Waals surface area (Å²) in [5.74, 6) is 0.0323. The summed E-state index contributed by atoms with van der Waals surface area (Å²) in [6.45, 7) is 6.17. The molecule has 0 N–H and O–H groups in total. The topological polar surface area (TPSA) is 20.3 Å². The maximum atomic E-state index is 11.7. The van der Waals surface area contributed by atoms with E-state index in [-0.39, 0.29) is 5.91 Å². The van der Waals surface area contributed by atoms with Gasteiger partial charge >= 0.3 is 0 Å². The van der Waals surface area contributed by atoms with Crippen LogP contribution in [-0.2, 0) is 0 Å². The quantitative estimate of drug-likeness (QED) is 0.668. The summed E-state index contributed by atoms with van der Waals surface area (Å²) in [5.41, 5.74) is 1.88. The number of likely N-dealkylation sites (N-methyl/N-ethyl adjacent to an activating group) is 1. The van der Waals surface area contributed by atoms with Gasteiger partial charge in [0.05, 0.1) is 0 Å². The lowest BCUT2D eigenvalue weighted by Gasteiger charge is -2.14. The summed E-state index contributed by atoms with van der Waals surface area (Å²) in [6.07, 6.45) is 1.71. The highest BCUT2D eigenvalue weighted by molar-refractivity contribution is 5.94. The van der Waals surface area contributed by atoms with Crippen LogP contribution in [0.3, 0.4) is 0 Å². The lowest BCUT2D eigenvalue weighted by molar-refractivity contribution is 0.0810. The molecule has 74 valence electrons. The average molecular weight is 189 g/mol. The first-order chi connectivity index (χ1) is 6.65. The highest BCUT2D eigenvalue weighted by Crippen LogP contribution is 2.05. The van der Waals surface area contributed by atoms with Crippen molar-refractivity contribution in [2.45, 2.75) is 6.92 Å². The number of nitrogens with zero attached hydrogens (tertiary/aromatic N) is 1. The fourth-order valence-corrected chi connectivity index (χ4v) is 1.19. The van der Waals surface area contributed by atoms with Gasteiger partial charge in [-0.15, -0.1) is 6.58 Å². The Hall–Kier alpha value is -1.57. The van der Waals surface area contributed by atoms with E-state index in [1.165, 1.54) is 0 Å². The molecule has 0 aliphatic rings. The van der Waals surface area contributed by atoms with Crippen molar-refractivity contribution in [2.75, 3.05) is 13.6 Å². The maximum absolute atomic E-state index is 11.7. The van der Waals surface area contributed by atoms with Crippen LogP contribution in [0, 0.1) is 6.92 Å². The van der Waals surface area contributed by atoms with Crippen LogP contribution in [0.5, 0.6) is 0 Å². The minimum Gasteiger partial charge on any atom is -0.338 e. The molecule has 0 heterocycles. The molecule has 0 aromatic heterocycles. The van der Waals surface area contributed by atoms with Gasteiger partial charge in [0.25, 0.3) is 5.91 Å². The monoisotopic (exact) mass is 189 g/mol. The van der Waals surface area contributed by atoms with Gasteiger partial charge in [-0.2, -0.15) is 0 Å². The first-order valence-corrected chi connectivity index (χ1v) is 4.58. The number of hydrogen-bond donors (Lipinski definition) is 0. The van der Waals surface area contributed by atoms with Crippen molar-refractivity contribution in [1.82, 2.24) is 4.90 Å². The molecule has 0 bridgehead atoms. The summed E-state index contributed by atoms with van der Waals surface area (Å²) >= 11 is 0. The number of aryl methyl sites for hydroxylation is 1. The fraction of sp³-hybridized carbons (Fsp3) is 0.250. The molecule has 0 spiro atoms. The predicted octanol–water partition coefficient (Wildman–Crippen LogP) is 2.25. The third-order valence-electron chi connectivity index (χ3n) is 2.05. The standard InChI is InChI=1S/C12H15NO/c1-4-9-13(3)12(14)11-7-5-10(2)6-8-11/h4-8H,1,9H2,2-3H3. The number of benzene rings is 1.